The van der Waals surface area contributed by atoms with Crippen LogP contribution in [0.25, 0.3) is 0 Å². The number of morpholine rings is 1. The first kappa shape index (κ1) is 11.2. The van der Waals surface area contributed by atoms with E-state index in [1.165, 1.54) is 11.3 Å². The molecule has 1 aromatic heterocycles. The highest BCUT2D eigenvalue weighted by Gasteiger charge is 2.14. The molecule has 0 amide bonds. The Labute approximate surface area is 106 Å². The molecular weight excluding hydrogens is 228 g/mol. The van der Waals surface area contributed by atoms with Crippen LogP contribution in [-0.2, 0) is 11.3 Å². The van der Waals surface area contributed by atoms with Gasteiger partial charge in [-0.3, -0.25) is 0 Å². The molecule has 1 fully saturated rings. The van der Waals surface area contributed by atoms with E-state index in [4.69, 9.17) is 4.74 Å². The molecule has 0 aliphatic carbocycles. The van der Waals surface area contributed by atoms with Gasteiger partial charge in [-0.15, -0.1) is 5.10 Å². The van der Waals surface area contributed by atoms with Gasteiger partial charge < -0.3 is 9.64 Å². The molecule has 94 valence electrons. The fourth-order valence-electron chi connectivity index (χ4n) is 2.25. The zero-order valence-electron chi connectivity index (χ0n) is 10.2. The van der Waals surface area contributed by atoms with Crippen molar-refractivity contribution in [3.05, 3.63) is 42.2 Å². The van der Waals surface area contributed by atoms with Gasteiger partial charge in [-0.1, -0.05) is 23.4 Å². The van der Waals surface area contributed by atoms with Crippen molar-refractivity contribution >= 4 is 5.69 Å². The SMILES string of the molecule is c1ccc(N2CCOCC2)c(Cn2ccnn2)c1. The highest BCUT2D eigenvalue weighted by atomic mass is 16.5. The fourth-order valence-corrected chi connectivity index (χ4v) is 2.25. The van der Waals surface area contributed by atoms with Gasteiger partial charge in [-0.2, -0.15) is 0 Å². The van der Waals surface area contributed by atoms with Crippen molar-refractivity contribution in [2.45, 2.75) is 6.54 Å². The van der Waals surface area contributed by atoms with Crippen molar-refractivity contribution in [3.63, 3.8) is 0 Å². The molecule has 0 bridgehead atoms. The van der Waals surface area contributed by atoms with E-state index in [0.29, 0.717) is 0 Å². The Kier molecular flexibility index (Phi) is 3.23. The van der Waals surface area contributed by atoms with Crippen LogP contribution < -0.4 is 4.90 Å². The van der Waals surface area contributed by atoms with E-state index in [2.05, 4.69) is 39.5 Å². The number of hydrogen-bond donors (Lipinski definition) is 0. The third kappa shape index (κ3) is 2.36. The summed E-state index contributed by atoms with van der Waals surface area (Å²) in [5.41, 5.74) is 2.54. The van der Waals surface area contributed by atoms with E-state index >= 15 is 0 Å². The minimum Gasteiger partial charge on any atom is -0.378 e. The summed E-state index contributed by atoms with van der Waals surface area (Å²) >= 11 is 0. The number of anilines is 1. The first-order valence-corrected chi connectivity index (χ1v) is 6.18. The van der Waals surface area contributed by atoms with Crippen LogP contribution in [0.15, 0.2) is 36.7 Å². The predicted octanol–water partition coefficient (Wildman–Crippen LogP) is 1.16. The molecule has 1 aromatic carbocycles. The fraction of sp³-hybridized carbons (Fsp3) is 0.385. The van der Waals surface area contributed by atoms with Crippen molar-refractivity contribution < 1.29 is 4.74 Å². The van der Waals surface area contributed by atoms with Crippen molar-refractivity contribution in [1.29, 1.82) is 0 Å². The zero-order valence-corrected chi connectivity index (χ0v) is 10.2. The molecule has 0 radical (unpaired) electrons. The van der Waals surface area contributed by atoms with E-state index in [0.717, 1.165) is 32.8 Å². The number of nitrogens with zero attached hydrogens (tertiary/aromatic N) is 4. The Morgan fingerprint density at radius 3 is 2.78 bits per heavy atom. The monoisotopic (exact) mass is 244 g/mol. The average Bonchev–Trinajstić information content (AvgIpc) is 2.93. The molecule has 1 saturated heterocycles. The number of rotatable bonds is 3. The second-order valence-electron chi connectivity index (χ2n) is 4.33. The lowest BCUT2D eigenvalue weighted by Crippen LogP contribution is -2.36. The molecule has 2 heterocycles. The Morgan fingerprint density at radius 1 is 1.17 bits per heavy atom. The number of ether oxygens (including phenoxy) is 1. The lowest BCUT2D eigenvalue weighted by atomic mass is 10.1. The van der Waals surface area contributed by atoms with Crippen LogP contribution in [0.5, 0.6) is 0 Å². The second-order valence-corrected chi connectivity index (χ2v) is 4.33. The first-order valence-electron chi connectivity index (χ1n) is 6.18. The molecule has 5 nitrogen and oxygen atoms in total. The van der Waals surface area contributed by atoms with Crippen LogP contribution >= 0.6 is 0 Å². The normalized spacial score (nSPS) is 15.9. The Bertz CT molecular complexity index is 491. The van der Waals surface area contributed by atoms with Gasteiger partial charge in [-0.05, 0) is 11.6 Å². The minimum atomic E-state index is 0.757. The van der Waals surface area contributed by atoms with Gasteiger partial charge in [0.2, 0.25) is 0 Å². The zero-order chi connectivity index (χ0) is 12.2. The summed E-state index contributed by atoms with van der Waals surface area (Å²) in [6.07, 6.45) is 3.59. The maximum Gasteiger partial charge on any atom is 0.0697 e. The summed E-state index contributed by atoms with van der Waals surface area (Å²) in [4.78, 5) is 2.37. The van der Waals surface area contributed by atoms with Crippen LogP contribution in [0.4, 0.5) is 5.69 Å². The van der Waals surface area contributed by atoms with Gasteiger partial charge in [0.25, 0.3) is 0 Å². The molecule has 0 atom stereocenters. The highest BCUT2D eigenvalue weighted by molar-refractivity contribution is 5.53. The van der Waals surface area contributed by atoms with Gasteiger partial charge in [-0.25, -0.2) is 4.68 Å². The molecule has 0 saturated carbocycles. The van der Waals surface area contributed by atoms with Crippen molar-refractivity contribution in [3.8, 4) is 0 Å². The van der Waals surface area contributed by atoms with Crippen LogP contribution in [-0.4, -0.2) is 41.3 Å². The van der Waals surface area contributed by atoms with Gasteiger partial charge in [0.05, 0.1) is 26.0 Å². The highest BCUT2D eigenvalue weighted by Crippen LogP contribution is 2.22. The first-order chi connectivity index (χ1) is 8.93. The van der Waals surface area contributed by atoms with Crippen molar-refractivity contribution in [1.82, 2.24) is 15.0 Å². The summed E-state index contributed by atoms with van der Waals surface area (Å²) in [7, 11) is 0. The van der Waals surface area contributed by atoms with Crippen LogP contribution in [0.2, 0.25) is 0 Å². The van der Waals surface area contributed by atoms with Gasteiger partial charge in [0, 0.05) is 25.0 Å². The van der Waals surface area contributed by atoms with Crippen molar-refractivity contribution in [2.24, 2.45) is 0 Å². The molecule has 1 aliphatic heterocycles. The van der Waals surface area contributed by atoms with Crippen LogP contribution in [0.3, 0.4) is 0 Å². The average molecular weight is 244 g/mol. The maximum atomic E-state index is 5.40. The summed E-state index contributed by atoms with van der Waals surface area (Å²) in [5, 5.41) is 7.86. The predicted molar refractivity (Wildman–Crippen MR) is 68.6 cm³/mol. The number of aromatic nitrogens is 3. The minimum absolute atomic E-state index is 0.757. The maximum absolute atomic E-state index is 5.40. The van der Waals surface area contributed by atoms with E-state index in [-0.39, 0.29) is 0 Å². The summed E-state index contributed by atoms with van der Waals surface area (Å²) in [6.45, 7) is 4.27. The molecule has 0 unspecified atom stereocenters. The van der Waals surface area contributed by atoms with Crippen LogP contribution in [0, 0.1) is 0 Å². The number of benzene rings is 1. The molecular formula is C13H16N4O. The number of para-hydroxylation sites is 1. The molecule has 18 heavy (non-hydrogen) atoms. The van der Waals surface area contributed by atoms with E-state index in [1.807, 2.05) is 10.9 Å². The quantitative estimate of drug-likeness (QED) is 0.812. The molecule has 1 aliphatic rings. The molecule has 2 aromatic rings. The Hall–Kier alpha value is -1.88. The molecule has 0 spiro atoms. The third-order valence-corrected chi connectivity index (χ3v) is 3.15. The van der Waals surface area contributed by atoms with E-state index < -0.39 is 0 Å². The number of hydrogen-bond acceptors (Lipinski definition) is 4. The standard InChI is InChI=1S/C13H16N4O/c1-2-4-13(16-7-9-18-10-8-16)12(3-1)11-17-6-5-14-15-17/h1-6H,7-11H2. The molecule has 3 rings (SSSR count). The summed E-state index contributed by atoms with van der Waals surface area (Å²) in [5.74, 6) is 0. The van der Waals surface area contributed by atoms with E-state index in [9.17, 15) is 0 Å². The Balaban J connectivity index is 1.84. The Morgan fingerprint density at radius 2 is 2.00 bits per heavy atom. The van der Waals surface area contributed by atoms with Crippen LogP contribution in [0.1, 0.15) is 5.56 Å². The van der Waals surface area contributed by atoms with Gasteiger partial charge in [0.1, 0.15) is 0 Å². The largest absolute Gasteiger partial charge is 0.378 e. The second kappa shape index (κ2) is 5.18. The summed E-state index contributed by atoms with van der Waals surface area (Å²) in [6, 6.07) is 8.45. The topological polar surface area (TPSA) is 43.2 Å². The summed E-state index contributed by atoms with van der Waals surface area (Å²) < 4.78 is 7.24. The smallest absolute Gasteiger partial charge is 0.0697 e. The lowest BCUT2D eigenvalue weighted by molar-refractivity contribution is 0.122. The van der Waals surface area contributed by atoms with Gasteiger partial charge in [0.15, 0.2) is 0 Å². The third-order valence-electron chi connectivity index (χ3n) is 3.15. The molecule has 0 N–H and O–H groups in total. The van der Waals surface area contributed by atoms with E-state index in [1.54, 1.807) is 6.20 Å². The molecule has 5 heteroatoms. The van der Waals surface area contributed by atoms with Gasteiger partial charge >= 0.3 is 0 Å². The lowest BCUT2D eigenvalue weighted by Gasteiger charge is -2.30. The van der Waals surface area contributed by atoms with Crippen molar-refractivity contribution in [2.75, 3.05) is 31.2 Å².